The molecule has 1 saturated heterocycles. The van der Waals surface area contributed by atoms with E-state index in [9.17, 15) is 4.79 Å². The summed E-state index contributed by atoms with van der Waals surface area (Å²) in [6.07, 6.45) is 6.24. The van der Waals surface area contributed by atoms with Crippen LogP contribution in [0, 0.1) is 0 Å². The molecule has 1 fully saturated rings. The highest BCUT2D eigenvalue weighted by Crippen LogP contribution is 2.28. The highest BCUT2D eigenvalue weighted by atomic mass is 32.1. The van der Waals surface area contributed by atoms with Crippen molar-refractivity contribution in [2.24, 2.45) is 0 Å². The van der Waals surface area contributed by atoms with Gasteiger partial charge in [0.15, 0.2) is 5.13 Å². The number of likely N-dealkylation sites (tertiary alicyclic amines) is 1. The van der Waals surface area contributed by atoms with Gasteiger partial charge in [0, 0.05) is 25.0 Å². The van der Waals surface area contributed by atoms with Gasteiger partial charge in [-0.05, 0) is 37.4 Å². The van der Waals surface area contributed by atoms with Gasteiger partial charge < -0.3 is 5.32 Å². The molecule has 1 aliphatic heterocycles. The Bertz CT molecular complexity index is 586. The first-order valence-corrected chi connectivity index (χ1v) is 8.01. The van der Waals surface area contributed by atoms with Crippen LogP contribution in [0.4, 0.5) is 5.13 Å². The van der Waals surface area contributed by atoms with Gasteiger partial charge in [0.05, 0.1) is 11.9 Å². The van der Waals surface area contributed by atoms with Crippen LogP contribution in [0.1, 0.15) is 36.9 Å². The predicted octanol–water partition coefficient (Wildman–Crippen LogP) is 2.20. The third-order valence-corrected chi connectivity index (χ3v) is 4.61. The molecule has 6 nitrogen and oxygen atoms in total. The number of carbonyl (C=O) groups excluding carboxylic acids is 1. The molecule has 21 heavy (non-hydrogen) atoms. The molecule has 1 aliphatic rings. The van der Waals surface area contributed by atoms with E-state index >= 15 is 0 Å². The van der Waals surface area contributed by atoms with Crippen molar-refractivity contribution in [3.8, 4) is 0 Å². The zero-order chi connectivity index (χ0) is 14.7. The maximum atomic E-state index is 11.0. The molecule has 0 saturated carbocycles. The summed E-state index contributed by atoms with van der Waals surface area (Å²) < 4.78 is 0. The van der Waals surface area contributed by atoms with E-state index in [1.165, 1.54) is 23.8 Å². The molecule has 0 aromatic carbocycles. The van der Waals surface area contributed by atoms with Gasteiger partial charge >= 0.3 is 0 Å². The van der Waals surface area contributed by atoms with Crippen LogP contribution in [-0.2, 0) is 11.3 Å². The van der Waals surface area contributed by atoms with Crippen LogP contribution in [0.25, 0.3) is 0 Å². The van der Waals surface area contributed by atoms with E-state index in [4.69, 9.17) is 0 Å². The number of carbonyl (C=O) groups is 1. The van der Waals surface area contributed by atoms with Gasteiger partial charge in [-0.15, -0.1) is 11.3 Å². The summed E-state index contributed by atoms with van der Waals surface area (Å²) >= 11 is 1.48. The van der Waals surface area contributed by atoms with Gasteiger partial charge in [-0.3, -0.25) is 14.8 Å². The minimum atomic E-state index is -0.0724. The quantitative estimate of drug-likeness (QED) is 0.908. The number of amides is 1. The smallest absolute Gasteiger partial charge is 0.223 e. The number of H-pyrrole nitrogens is 1. The van der Waals surface area contributed by atoms with Crippen LogP contribution in [0.2, 0.25) is 0 Å². The number of nitrogens with zero attached hydrogens (tertiary/aromatic N) is 3. The Morgan fingerprint density at radius 1 is 1.52 bits per heavy atom. The average molecular weight is 305 g/mol. The molecule has 0 unspecified atom stereocenters. The summed E-state index contributed by atoms with van der Waals surface area (Å²) in [5, 5.41) is 12.4. The minimum Gasteiger partial charge on any atom is -0.302 e. The molecule has 3 heterocycles. The van der Waals surface area contributed by atoms with Crippen molar-refractivity contribution < 1.29 is 4.79 Å². The fraction of sp³-hybridized carbons (Fsp3) is 0.500. The first-order chi connectivity index (χ1) is 10.2. The fourth-order valence-corrected chi connectivity index (χ4v) is 3.47. The number of aromatic nitrogens is 3. The molecule has 0 aliphatic carbocycles. The summed E-state index contributed by atoms with van der Waals surface area (Å²) in [4.78, 5) is 17.9. The Labute approximate surface area is 127 Å². The third-order valence-electron chi connectivity index (χ3n) is 3.80. The van der Waals surface area contributed by atoms with Crippen LogP contribution < -0.4 is 5.32 Å². The molecule has 2 N–H and O–H groups in total. The average Bonchev–Trinajstić information content (AvgIpc) is 3.11. The number of piperidine rings is 1. The van der Waals surface area contributed by atoms with Gasteiger partial charge in [0.25, 0.3) is 0 Å². The molecule has 1 amide bonds. The molecule has 0 spiro atoms. The molecule has 2 aromatic heterocycles. The molecule has 7 heteroatoms. The number of nitrogens with one attached hydrogen (secondary N) is 2. The lowest BCUT2D eigenvalue weighted by atomic mass is 9.91. The van der Waals surface area contributed by atoms with Crippen molar-refractivity contribution in [2.75, 3.05) is 18.4 Å². The number of hydrogen-bond donors (Lipinski definition) is 2. The molecular formula is C14H19N5OS. The summed E-state index contributed by atoms with van der Waals surface area (Å²) in [7, 11) is 0. The number of anilines is 1. The number of rotatable bonds is 4. The number of hydrogen-bond acceptors (Lipinski definition) is 5. The van der Waals surface area contributed by atoms with Crippen molar-refractivity contribution in [3.05, 3.63) is 29.0 Å². The Kier molecular flexibility index (Phi) is 4.31. The zero-order valence-corrected chi connectivity index (χ0v) is 12.8. The molecule has 0 radical (unpaired) electrons. The molecule has 112 valence electrons. The lowest BCUT2D eigenvalue weighted by molar-refractivity contribution is -0.114. The summed E-state index contributed by atoms with van der Waals surface area (Å²) in [6.45, 7) is 4.50. The molecule has 0 bridgehead atoms. The van der Waals surface area contributed by atoms with E-state index in [2.05, 4.69) is 25.4 Å². The largest absolute Gasteiger partial charge is 0.302 e. The van der Waals surface area contributed by atoms with E-state index in [0.29, 0.717) is 11.0 Å². The fourth-order valence-electron chi connectivity index (χ4n) is 2.73. The Hall–Kier alpha value is -1.73. The number of aromatic amines is 1. The van der Waals surface area contributed by atoms with Crippen LogP contribution in [0.3, 0.4) is 0 Å². The monoisotopic (exact) mass is 305 g/mol. The van der Waals surface area contributed by atoms with E-state index in [1.807, 2.05) is 17.8 Å². The lowest BCUT2D eigenvalue weighted by Crippen LogP contribution is -2.32. The van der Waals surface area contributed by atoms with Gasteiger partial charge in [-0.1, -0.05) is 0 Å². The van der Waals surface area contributed by atoms with Gasteiger partial charge in [0.2, 0.25) is 5.91 Å². The van der Waals surface area contributed by atoms with Crippen molar-refractivity contribution >= 4 is 22.4 Å². The van der Waals surface area contributed by atoms with Crippen molar-refractivity contribution in [3.63, 3.8) is 0 Å². The molecule has 2 aromatic rings. The summed E-state index contributed by atoms with van der Waals surface area (Å²) in [6, 6.07) is 0. The van der Waals surface area contributed by atoms with E-state index in [-0.39, 0.29) is 5.91 Å². The highest BCUT2D eigenvalue weighted by molar-refractivity contribution is 7.13. The maximum absolute atomic E-state index is 11.0. The van der Waals surface area contributed by atoms with Crippen LogP contribution >= 0.6 is 11.3 Å². The topological polar surface area (TPSA) is 73.9 Å². The van der Waals surface area contributed by atoms with Crippen LogP contribution in [0.15, 0.2) is 17.8 Å². The standard InChI is InChI=1S/C14H19N5OS/c1-10(20)17-14-18-13(9-21-14)8-19-4-2-11(3-5-19)12-6-15-16-7-12/h6-7,9,11H,2-5,8H2,1H3,(H,15,16)(H,17,18,20). The normalized spacial score (nSPS) is 17.0. The van der Waals surface area contributed by atoms with Crippen LogP contribution in [0.5, 0.6) is 0 Å². The predicted molar refractivity (Wildman–Crippen MR) is 82.3 cm³/mol. The zero-order valence-electron chi connectivity index (χ0n) is 12.0. The van der Waals surface area contributed by atoms with Gasteiger partial charge in [-0.2, -0.15) is 5.10 Å². The van der Waals surface area contributed by atoms with Crippen molar-refractivity contribution in [1.82, 2.24) is 20.1 Å². The number of thiazole rings is 1. The highest BCUT2D eigenvalue weighted by Gasteiger charge is 2.21. The Balaban J connectivity index is 1.51. The van der Waals surface area contributed by atoms with Gasteiger partial charge in [0.1, 0.15) is 0 Å². The van der Waals surface area contributed by atoms with Gasteiger partial charge in [-0.25, -0.2) is 4.98 Å². The second-order valence-electron chi connectivity index (χ2n) is 5.41. The third kappa shape index (κ3) is 3.68. The molecular weight excluding hydrogens is 286 g/mol. The summed E-state index contributed by atoms with van der Waals surface area (Å²) in [5.41, 5.74) is 2.35. The van der Waals surface area contributed by atoms with E-state index in [0.717, 1.165) is 38.2 Å². The Morgan fingerprint density at radius 3 is 3.00 bits per heavy atom. The SMILES string of the molecule is CC(=O)Nc1nc(CN2CCC(c3cn[nH]c3)CC2)cs1. The van der Waals surface area contributed by atoms with E-state index < -0.39 is 0 Å². The maximum Gasteiger partial charge on any atom is 0.223 e. The van der Waals surface area contributed by atoms with Crippen LogP contribution in [-0.4, -0.2) is 39.1 Å². The minimum absolute atomic E-state index is 0.0724. The second kappa shape index (κ2) is 6.36. The first-order valence-electron chi connectivity index (χ1n) is 7.14. The van der Waals surface area contributed by atoms with Crippen molar-refractivity contribution in [1.29, 1.82) is 0 Å². The first kappa shape index (κ1) is 14.2. The lowest BCUT2D eigenvalue weighted by Gasteiger charge is -2.30. The molecule has 3 rings (SSSR count). The van der Waals surface area contributed by atoms with E-state index in [1.54, 1.807) is 0 Å². The summed E-state index contributed by atoms with van der Waals surface area (Å²) in [5.74, 6) is 0.544. The van der Waals surface area contributed by atoms with Crippen molar-refractivity contribution in [2.45, 2.75) is 32.2 Å². The Morgan fingerprint density at radius 2 is 2.33 bits per heavy atom. The second-order valence-corrected chi connectivity index (χ2v) is 6.27. The molecule has 0 atom stereocenters.